The number of carboxylic acids is 1. The molecule has 0 aliphatic heterocycles. The molecular weight excluding hydrogens is 266 g/mol. The third-order valence-corrected chi connectivity index (χ3v) is 2.87. The molecule has 1 aromatic heterocycles. The molecule has 0 spiro atoms. The van der Waals surface area contributed by atoms with Crippen LogP contribution in [0.2, 0.25) is 5.02 Å². The number of aryl methyl sites for hydroxylation is 2. The van der Waals surface area contributed by atoms with Crippen LogP contribution in [0.1, 0.15) is 21.5 Å². The van der Waals surface area contributed by atoms with E-state index >= 15 is 0 Å². The second-order valence-electron chi connectivity index (χ2n) is 4.19. The summed E-state index contributed by atoms with van der Waals surface area (Å²) in [6.45, 7) is 3.66. The van der Waals surface area contributed by atoms with Crippen LogP contribution in [0.3, 0.4) is 0 Å². The maximum Gasteiger partial charge on any atom is 0.337 e. The largest absolute Gasteiger partial charge is 0.478 e. The maximum atomic E-state index is 10.8. The van der Waals surface area contributed by atoms with Crippen LogP contribution in [0, 0.1) is 13.8 Å². The van der Waals surface area contributed by atoms with Crippen molar-refractivity contribution >= 4 is 17.6 Å². The van der Waals surface area contributed by atoms with Gasteiger partial charge in [0.05, 0.1) is 10.6 Å². The third-order valence-electron chi connectivity index (χ3n) is 2.57. The van der Waals surface area contributed by atoms with Crippen LogP contribution in [0.25, 0.3) is 0 Å². The van der Waals surface area contributed by atoms with E-state index in [1.54, 1.807) is 19.1 Å². The molecule has 0 aliphatic carbocycles. The molecule has 98 valence electrons. The summed E-state index contributed by atoms with van der Waals surface area (Å²) in [6, 6.07) is 6.93. The number of hydrogen-bond donors (Lipinski definition) is 1. The summed E-state index contributed by atoms with van der Waals surface area (Å²) in [5.74, 6) is -0.183. The number of nitrogens with zero attached hydrogens (tertiary/aromatic N) is 1. The highest BCUT2D eigenvalue weighted by atomic mass is 35.5. The topological polar surface area (TPSA) is 59.4 Å². The number of halogens is 1. The highest BCUT2D eigenvalue weighted by molar-refractivity contribution is 6.32. The number of carboxylic acid groups (broad SMARTS) is 1. The smallest absolute Gasteiger partial charge is 0.337 e. The number of hydrogen-bond acceptors (Lipinski definition) is 3. The molecule has 0 saturated heterocycles. The highest BCUT2D eigenvalue weighted by Gasteiger charge is 2.10. The molecule has 0 bridgehead atoms. The summed E-state index contributed by atoms with van der Waals surface area (Å²) in [5, 5.41) is 9.35. The first kappa shape index (κ1) is 13.4. The Bertz CT molecular complexity index is 641. The van der Waals surface area contributed by atoms with Crippen LogP contribution in [0.5, 0.6) is 11.6 Å². The number of rotatable bonds is 3. The van der Waals surface area contributed by atoms with Crippen molar-refractivity contribution in [3.8, 4) is 11.6 Å². The predicted molar refractivity (Wildman–Crippen MR) is 72.2 cm³/mol. The van der Waals surface area contributed by atoms with Crippen LogP contribution < -0.4 is 4.74 Å². The van der Waals surface area contributed by atoms with Gasteiger partial charge < -0.3 is 9.84 Å². The Hall–Kier alpha value is -2.07. The normalized spacial score (nSPS) is 10.3. The summed E-state index contributed by atoms with van der Waals surface area (Å²) in [5.41, 5.74) is 1.79. The van der Waals surface area contributed by atoms with E-state index in [1.165, 1.54) is 12.3 Å². The lowest BCUT2D eigenvalue weighted by molar-refractivity contribution is 0.0696. The molecule has 19 heavy (non-hydrogen) atoms. The molecule has 0 amide bonds. The van der Waals surface area contributed by atoms with Crippen molar-refractivity contribution in [3.63, 3.8) is 0 Å². The Labute approximate surface area is 115 Å². The van der Waals surface area contributed by atoms with Gasteiger partial charge in [0.15, 0.2) is 0 Å². The van der Waals surface area contributed by atoms with Crippen molar-refractivity contribution in [1.29, 1.82) is 0 Å². The van der Waals surface area contributed by atoms with E-state index in [1.807, 2.05) is 13.0 Å². The molecule has 0 unspecified atom stereocenters. The number of carbonyl (C=O) groups is 1. The maximum absolute atomic E-state index is 10.8. The van der Waals surface area contributed by atoms with E-state index in [2.05, 4.69) is 4.98 Å². The van der Waals surface area contributed by atoms with Crippen LogP contribution in [-0.2, 0) is 0 Å². The molecule has 1 N–H and O–H groups in total. The van der Waals surface area contributed by atoms with Crippen molar-refractivity contribution in [2.45, 2.75) is 13.8 Å². The van der Waals surface area contributed by atoms with Gasteiger partial charge in [-0.15, -0.1) is 0 Å². The summed E-state index contributed by atoms with van der Waals surface area (Å²) in [7, 11) is 0. The first-order valence-corrected chi connectivity index (χ1v) is 5.99. The van der Waals surface area contributed by atoms with E-state index in [0.29, 0.717) is 22.2 Å². The monoisotopic (exact) mass is 277 g/mol. The molecule has 0 radical (unpaired) electrons. The average Bonchev–Trinajstić information content (AvgIpc) is 2.34. The Morgan fingerprint density at radius 1 is 1.32 bits per heavy atom. The fourth-order valence-electron chi connectivity index (χ4n) is 1.58. The van der Waals surface area contributed by atoms with Crippen molar-refractivity contribution in [1.82, 2.24) is 4.98 Å². The summed E-state index contributed by atoms with van der Waals surface area (Å²) < 4.78 is 5.59. The van der Waals surface area contributed by atoms with Gasteiger partial charge >= 0.3 is 5.97 Å². The zero-order valence-corrected chi connectivity index (χ0v) is 11.2. The lowest BCUT2D eigenvalue weighted by atomic mass is 10.2. The van der Waals surface area contributed by atoms with Crippen molar-refractivity contribution in [3.05, 3.63) is 52.2 Å². The Kier molecular flexibility index (Phi) is 3.71. The van der Waals surface area contributed by atoms with Gasteiger partial charge in [-0.3, -0.25) is 0 Å². The highest BCUT2D eigenvalue weighted by Crippen LogP contribution is 2.30. The average molecular weight is 278 g/mol. The van der Waals surface area contributed by atoms with Gasteiger partial charge in [0.2, 0.25) is 5.88 Å². The van der Waals surface area contributed by atoms with Gasteiger partial charge in [-0.2, -0.15) is 0 Å². The van der Waals surface area contributed by atoms with E-state index in [0.717, 1.165) is 5.56 Å². The molecule has 2 aromatic rings. The lowest BCUT2D eigenvalue weighted by Gasteiger charge is -2.09. The molecule has 0 saturated carbocycles. The third kappa shape index (κ3) is 3.03. The SMILES string of the molecule is Cc1ccc(Oc2ncc(C(=O)O)cc2C)c(Cl)c1. The predicted octanol–water partition coefficient (Wildman–Crippen LogP) is 3.84. The summed E-state index contributed by atoms with van der Waals surface area (Å²) >= 11 is 6.07. The zero-order valence-electron chi connectivity index (χ0n) is 10.5. The second-order valence-corrected chi connectivity index (χ2v) is 4.59. The number of benzene rings is 1. The van der Waals surface area contributed by atoms with Crippen LogP contribution >= 0.6 is 11.6 Å². The van der Waals surface area contributed by atoms with E-state index in [4.69, 9.17) is 21.4 Å². The summed E-state index contributed by atoms with van der Waals surface area (Å²) in [6.07, 6.45) is 1.26. The number of ether oxygens (including phenoxy) is 1. The molecule has 0 aliphatic rings. The standard InChI is InChI=1S/C14H12ClNO3/c1-8-3-4-12(11(15)5-8)19-13-9(2)6-10(7-16-13)14(17)18/h3-7H,1-2H3,(H,17,18). The molecule has 1 aromatic carbocycles. The fraction of sp³-hybridized carbons (Fsp3) is 0.143. The van der Waals surface area contributed by atoms with Crippen molar-refractivity contribution in [2.24, 2.45) is 0 Å². The first-order chi connectivity index (χ1) is 8.97. The minimum Gasteiger partial charge on any atom is -0.478 e. The molecular formula is C14H12ClNO3. The quantitative estimate of drug-likeness (QED) is 0.926. The van der Waals surface area contributed by atoms with E-state index in [-0.39, 0.29) is 5.56 Å². The van der Waals surface area contributed by atoms with Gasteiger partial charge in [-0.1, -0.05) is 17.7 Å². The van der Waals surface area contributed by atoms with Gasteiger partial charge in [0.25, 0.3) is 0 Å². The Balaban J connectivity index is 2.31. The van der Waals surface area contributed by atoms with Crippen molar-refractivity contribution < 1.29 is 14.6 Å². The molecule has 1 heterocycles. The fourth-order valence-corrected chi connectivity index (χ4v) is 1.85. The second kappa shape index (κ2) is 5.28. The Morgan fingerprint density at radius 2 is 2.05 bits per heavy atom. The van der Waals surface area contributed by atoms with Crippen molar-refractivity contribution in [2.75, 3.05) is 0 Å². The van der Waals surface area contributed by atoms with Gasteiger partial charge in [-0.25, -0.2) is 9.78 Å². The molecule has 0 fully saturated rings. The zero-order chi connectivity index (χ0) is 14.0. The molecule has 0 atom stereocenters. The first-order valence-electron chi connectivity index (χ1n) is 5.61. The van der Waals surface area contributed by atoms with Crippen LogP contribution in [0.15, 0.2) is 30.5 Å². The molecule has 4 nitrogen and oxygen atoms in total. The number of pyridine rings is 1. The minimum atomic E-state index is -1.02. The lowest BCUT2D eigenvalue weighted by Crippen LogP contribution is -2.00. The van der Waals surface area contributed by atoms with Gasteiger partial charge in [0, 0.05) is 11.8 Å². The van der Waals surface area contributed by atoms with E-state index in [9.17, 15) is 4.79 Å². The van der Waals surface area contributed by atoms with Gasteiger partial charge in [-0.05, 0) is 37.6 Å². The summed E-state index contributed by atoms with van der Waals surface area (Å²) in [4.78, 5) is 14.8. The molecule has 5 heteroatoms. The number of aromatic carboxylic acids is 1. The minimum absolute atomic E-state index is 0.125. The van der Waals surface area contributed by atoms with E-state index < -0.39 is 5.97 Å². The number of aromatic nitrogens is 1. The molecule has 2 rings (SSSR count). The van der Waals surface area contributed by atoms with Crippen LogP contribution in [-0.4, -0.2) is 16.1 Å². The van der Waals surface area contributed by atoms with Gasteiger partial charge in [0.1, 0.15) is 5.75 Å². The van der Waals surface area contributed by atoms with Crippen LogP contribution in [0.4, 0.5) is 0 Å². The Morgan fingerprint density at radius 3 is 2.63 bits per heavy atom.